The Bertz CT molecular complexity index is 1360. The molecular weight excluding hydrogens is 737 g/mol. The van der Waals surface area contributed by atoms with Crippen LogP contribution in [0.4, 0.5) is 101 Å². The Morgan fingerprint density at radius 3 is 1.04 bits per heavy atom. The van der Waals surface area contributed by atoms with Crippen molar-refractivity contribution in [1.29, 1.82) is 0 Å². The molecule has 0 saturated carbocycles. The standard InChI is InChI=1S/C17H5F23O4S/c18-7(19,8(20,21)10(24,25)12(28,29)14(32,33)16(36,37)38)9(22,23)11(26,27)13(30,31)15(34,35)17(39,40)44-5-2-1-3-6(4-5)45(41,42)43/h1-4H,(H,41,42,43). The third-order valence-electron chi connectivity index (χ3n) is 5.23. The molecule has 0 aliphatic heterocycles. The lowest BCUT2D eigenvalue weighted by molar-refractivity contribution is -0.483. The normalized spacial score (nSPS) is 16.2. The number of ether oxygens (including phenoxy) is 1. The largest absolute Gasteiger partial charge is 0.471 e. The first kappa shape index (κ1) is 40.3. The van der Waals surface area contributed by atoms with Crippen molar-refractivity contribution in [2.45, 2.75) is 70.5 Å². The van der Waals surface area contributed by atoms with E-state index in [0.29, 0.717) is 0 Å². The van der Waals surface area contributed by atoms with Crippen LogP contribution < -0.4 is 4.74 Å². The molecule has 4 nitrogen and oxygen atoms in total. The molecule has 0 spiro atoms. The van der Waals surface area contributed by atoms with E-state index in [1.54, 1.807) is 0 Å². The fraction of sp³-hybridized carbons (Fsp3) is 0.647. The monoisotopic (exact) mass is 742 g/mol. The van der Waals surface area contributed by atoms with Gasteiger partial charge in [0.15, 0.2) is 0 Å². The molecule has 1 rings (SSSR count). The summed E-state index contributed by atoms with van der Waals surface area (Å²) in [6.45, 7) is 0. The summed E-state index contributed by atoms with van der Waals surface area (Å²) in [7, 11) is -5.52. The van der Waals surface area contributed by atoms with E-state index in [1.165, 1.54) is 0 Å². The van der Waals surface area contributed by atoms with Crippen molar-refractivity contribution in [3.63, 3.8) is 0 Å². The van der Waals surface area contributed by atoms with Crippen LogP contribution in [-0.2, 0) is 10.1 Å². The van der Waals surface area contributed by atoms with Gasteiger partial charge in [-0.25, -0.2) is 0 Å². The lowest BCUT2D eigenvalue weighted by Crippen LogP contribution is -2.77. The molecule has 0 radical (unpaired) electrons. The van der Waals surface area contributed by atoms with E-state index in [9.17, 15) is 109 Å². The highest BCUT2D eigenvalue weighted by Crippen LogP contribution is 2.67. The average Bonchev–Trinajstić information content (AvgIpc) is 2.81. The topological polar surface area (TPSA) is 63.6 Å². The van der Waals surface area contributed by atoms with Crippen LogP contribution in [0.1, 0.15) is 0 Å². The van der Waals surface area contributed by atoms with Crippen LogP contribution in [-0.4, -0.2) is 78.6 Å². The van der Waals surface area contributed by atoms with Gasteiger partial charge < -0.3 is 4.74 Å². The maximum absolute atomic E-state index is 13.9. The molecule has 1 aromatic rings. The van der Waals surface area contributed by atoms with Crippen molar-refractivity contribution in [2.24, 2.45) is 0 Å². The molecule has 45 heavy (non-hydrogen) atoms. The molecule has 0 aliphatic rings. The molecule has 0 unspecified atom stereocenters. The lowest BCUT2D eigenvalue weighted by atomic mass is 9.86. The first-order valence-corrected chi connectivity index (χ1v) is 11.2. The minimum Gasteiger partial charge on any atom is -0.428 e. The van der Waals surface area contributed by atoms with E-state index < -0.39 is 92.4 Å². The molecule has 0 saturated heterocycles. The predicted molar refractivity (Wildman–Crippen MR) is 92.4 cm³/mol. The summed E-state index contributed by atoms with van der Waals surface area (Å²) in [4.78, 5) is -1.64. The smallest absolute Gasteiger partial charge is 0.428 e. The van der Waals surface area contributed by atoms with Gasteiger partial charge in [0.05, 0.1) is 4.90 Å². The zero-order chi connectivity index (χ0) is 36.7. The first-order chi connectivity index (χ1) is 19.2. The summed E-state index contributed by atoms with van der Waals surface area (Å²) in [5.74, 6) is -84.5. The fourth-order valence-electron chi connectivity index (χ4n) is 2.65. The van der Waals surface area contributed by atoms with E-state index in [2.05, 4.69) is 4.74 Å². The van der Waals surface area contributed by atoms with Gasteiger partial charge in [0.2, 0.25) is 0 Å². The maximum Gasteiger partial charge on any atom is 0.471 e. The minimum absolute atomic E-state index is 0.133. The van der Waals surface area contributed by atoms with E-state index in [4.69, 9.17) is 4.55 Å². The number of rotatable bonds is 12. The Kier molecular flexibility index (Phi) is 9.34. The molecule has 264 valence electrons. The highest BCUT2D eigenvalue weighted by atomic mass is 32.2. The van der Waals surface area contributed by atoms with E-state index in [-0.39, 0.29) is 18.2 Å². The average molecular weight is 742 g/mol. The third kappa shape index (κ3) is 5.44. The summed E-state index contributed by atoms with van der Waals surface area (Å²) in [6.07, 6.45) is -15.7. The van der Waals surface area contributed by atoms with Crippen molar-refractivity contribution < 1.29 is 119 Å². The molecule has 0 aromatic heterocycles. The second-order valence-electron chi connectivity index (χ2n) is 8.24. The molecule has 0 aliphatic carbocycles. The predicted octanol–water partition coefficient (Wildman–Crippen LogP) is 8.18. The number of alkyl halides is 23. The van der Waals surface area contributed by atoms with Crippen LogP contribution in [0, 0.1) is 0 Å². The summed E-state index contributed by atoms with van der Waals surface area (Å²) in [6, 6.07) is -0.322. The van der Waals surface area contributed by atoms with Gasteiger partial charge in [-0.1, -0.05) is 6.07 Å². The van der Waals surface area contributed by atoms with Gasteiger partial charge in [-0.05, 0) is 12.1 Å². The summed E-state index contributed by atoms with van der Waals surface area (Å²) in [5, 5.41) is 0. The molecular formula is C17H5F23O4S. The van der Waals surface area contributed by atoms with Crippen LogP contribution in [0.3, 0.4) is 0 Å². The second kappa shape index (κ2) is 10.4. The van der Waals surface area contributed by atoms with E-state index in [0.717, 1.165) is 0 Å². The number of hydrogen-bond acceptors (Lipinski definition) is 3. The van der Waals surface area contributed by atoms with Gasteiger partial charge in [-0.3, -0.25) is 4.55 Å². The molecule has 1 aromatic carbocycles. The van der Waals surface area contributed by atoms with Crippen LogP contribution in [0.2, 0.25) is 0 Å². The van der Waals surface area contributed by atoms with Gasteiger partial charge in [0.25, 0.3) is 10.1 Å². The SMILES string of the molecule is O=S(=O)(O)c1cccc(OC(F)(F)C(F)(F)C(F)(F)C(F)(F)C(F)(F)C(F)(F)C(F)(F)C(F)(F)C(F)(F)C(F)(F)C(F)(F)F)c1. The van der Waals surface area contributed by atoms with Crippen molar-refractivity contribution in [1.82, 2.24) is 0 Å². The molecule has 0 bridgehead atoms. The van der Waals surface area contributed by atoms with Crippen molar-refractivity contribution >= 4 is 10.1 Å². The second-order valence-corrected chi connectivity index (χ2v) is 9.66. The van der Waals surface area contributed by atoms with Crippen molar-refractivity contribution in [3.8, 4) is 5.75 Å². The Balaban J connectivity index is 3.81. The Morgan fingerprint density at radius 1 is 0.467 bits per heavy atom. The highest BCUT2D eigenvalue weighted by molar-refractivity contribution is 7.85. The van der Waals surface area contributed by atoms with Crippen LogP contribution in [0.15, 0.2) is 29.2 Å². The highest BCUT2D eigenvalue weighted by Gasteiger charge is 2.99. The van der Waals surface area contributed by atoms with E-state index in [1.807, 2.05) is 0 Å². The quantitative estimate of drug-likeness (QED) is 0.174. The number of benzene rings is 1. The maximum atomic E-state index is 13.9. The Hall–Kier alpha value is -2.68. The summed E-state index contributed by atoms with van der Waals surface area (Å²) in [5.41, 5.74) is 0. The van der Waals surface area contributed by atoms with Crippen LogP contribution in [0.25, 0.3) is 0 Å². The number of hydrogen-bond donors (Lipinski definition) is 1. The van der Waals surface area contributed by atoms with Crippen LogP contribution in [0.5, 0.6) is 5.75 Å². The van der Waals surface area contributed by atoms with Gasteiger partial charge in [-0.2, -0.15) is 109 Å². The van der Waals surface area contributed by atoms with Gasteiger partial charge in [-0.15, -0.1) is 0 Å². The summed E-state index contributed by atoms with van der Waals surface area (Å²) < 4.78 is 341. The number of halogens is 23. The van der Waals surface area contributed by atoms with Crippen molar-refractivity contribution in [2.75, 3.05) is 0 Å². The van der Waals surface area contributed by atoms with Gasteiger partial charge in [0, 0.05) is 6.07 Å². The van der Waals surface area contributed by atoms with E-state index >= 15 is 0 Å². The molecule has 28 heteroatoms. The lowest BCUT2D eigenvalue weighted by Gasteiger charge is -2.45. The van der Waals surface area contributed by atoms with Crippen molar-refractivity contribution in [3.05, 3.63) is 24.3 Å². The summed E-state index contributed by atoms with van der Waals surface area (Å²) >= 11 is 0. The fourth-order valence-corrected chi connectivity index (χ4v) is 3.17. The molecule has 0 amide bonds. The first-order valence-electron chi connectivity index (χ1n) is 9.80. The Morgan fingerprint density at radius 2 is 0.756 bits per heavy atom. The zero-order valence-corrected chi connectivity index (χ0v) is 20.4. The van der Waals surface area contributed by atoms with Gasteiger partial charge >= 0.3 is 65.6 Å². The molecule has 0 heterocycles. The van der Waals surface area contributed by atoms with Gasteiger partial charge in [0.1, 0.15) is 5.75 Å². The third-order valence-corrected chi connectivity index (χ3v) is 6.08. The molecule has 0 fully saturated rings. The molecule has 1 N–H and O–H groups in total. The van der Waals surface area contributed by atoms with Crippen LogP contribution >= 0.6 is 0 Å². The molecule has 0 atom stereocenters. The Labute approximate surface area is 230 Å². The zero-order valence-electron chi connectivity index (χ0n) is 19.6. The minimum atomic E-state index is -9.53.